The molecule has 1 aliphatic rings. The molecular formula is C81H100F3NO2S6. The molecule has 4 atom stereocenters. The molecule has 93 heavy (non-hydrogen) atoms. The molecule has 0 saturated heterocycles. The van der Waals surface area contributed by atoms with Crippen LogP contribution in [0.4, 0.5) is 13.2 Å². The normalized spacial score (nSPS) is 14.9. The first-order valence-corrected chi connectivity index (χ1v) is 40.4. The summed E-state index contributed by atoms with van der Waals surface area (Å²) in [6.45, 7) is 25.1. The van der Waals surface area contributed by atoms with E-state index in [1.165, 1.54) is 147 Å². The van der Waals surface area contributed by atoms with Crippen LogP contribution in [0.5, 0.6) is 0 Å². The first-order valence-electron chi connectivity index (χ1n) is 35.5. The SMILES string of the molecule is CCCCCCCCN1C(=O)c2sc3c(-c4cc5c(-c6ccc(CC(CC)CCCC)s6)c6sc(C(CC=C(C)C)(CCC)c7ccc(C(F)(F)F)cc7)cc6c(-c6ccc(CC(CC)CCCC)s6)c5s4)sc(C(CC)(CCCCC)c4ccc(C)cc4)c3c2C1=O. The number of amides is 2. The number of rotatable bonds is 35. The molecule has 12 heteroatoms. The summed E-state index contributed by atoms with van der Waals surface area (Å²) in [4.78, 5) is 42.5. The van der Waals surface area contributed by atoms with E-state index in [9.17, 15) is 13.2 Å². The maximum atomic E-state index is 15.4. The van der Waals surface area contributed by atoms with Crippen molar-refractivity contribution in [3.63, 3.8) is 0 Å². The standard InChI is InChI=1S/C81H100F3NO2S6/c1-12-20-24-25-26-28-47-85-77(86)70-69-74(92-75(70)78(85)87)73(93-76(69)79(19-8,45-27-21-13-2)56-33-31-53(11)32-34-56)65-50-61-67(63-41-39-59(88-63)48-54(17-6)29-22-14-3)72-62(68(71(61)90-65)64-42-40-60(89-64)49-55(18-7)30-23-15-4)51-66(91-72)80(44-16-5,46-43-52(9)10)57-35-37-58(38-36-57)81(82,83)84/h31-43,50-51,54-55H,12-30,44-49H2,1-11H3. The van der Waals surface area contributed by atoms with Crippen LogP contribution < -0.4 is 0 Å². The molecule has 10 rings (SSSR count). The molecule has 498 valence electrons. The number of allylic oxidation sites excluding steroid dienone is 2. The van der Waals surface area contributed by atoms with Crippen LogP contribution in [0.3, 0.4) is 0 Å². The summed E-state index contributed by atoms with van der Waals surface area (Å²) < 4.78 is 46.8. The first-order chi connectivity index (χ1) is 44.9. The van der Waals surface area contributed by atoms with E-state index in [2.05, 4.69) is 143 Å². The molecule has 2 amide bonds. The molecular weight excluding hydrogens is 1270 g/mol. The molecule has 0 N–H and O–H groups in total. The van der Waals surface area contributed by atoms with Crippen LogP contribution in [-0.2, 0) is 29.8 Å². The van der Waals surface area contributed by atoms with Gasteiger partial charge >= 0.3 is 6.18 Å². The van der Waals surface area contributed by atoms with Crippen molar-refractivity contribution >= 4 is 110 Å². The van der Waals surface area contributed by atoms with Crippen LogP contribution in [-0.4, -0.2) is 23.3 Å². The minimum Gasteiger partial charge on any atom is -0.274 e. The molecule has 3 nitrogen and oxygen atoms in total. The van der Waals surface area contributed by atoms with Crippen molar-refractivity contribution in [1.82, 2.24) is 4.90 Å². The fraction of sp³-hybridized carbons (Fsp3) is 0.506. The average molecular weight is 1370 g/mol. The molecule has 9 aromatic rings. The van der Waals surface area contributed by atoms with E-state index in [0.717, 1.165) is 115 Å². The smallest absolute Gasteiger partial charge is 0.274 e. The first kappa shape index (κ1) is 71.1. The fourth-order valence-corrected chi connectivity index (χ4v) is 23.2. The van der Waals surface area contributed by atoms with E-state index in [-0.39, 0.29) is 11.8 Å². The average Bonchev–Trinajstić information content (AvgIpc) is 1.55. The molecule has 3 aromatic carbocycles. The predicted molar refractivity (Wildman–Crippen MR) is 403 cm³/mol. The van der Waals surface area contributed by atoms with Gasteiger partial charge in [-0.25, -0.2) is 0 Å². The maximum absolute atomic E-state index is 15.4. The van der Waals surface area contributed by atoms with Gasteiger partial charge in [-0.15, -0.1) is 68.0 Å². The Morgan fingerprint density at radius 2 is 1.05 bits per heavy atom. The number of carbonyl (C=O) groups excluding carboxylic acids is 2. The Kier molecular flexibility index (Phi) is 24.2. The number of alkyl halides is 3. The largest absolute Gasteiger partial charge is 0.416 e. The summed E-state index contributed by atoms with van der Waals surface area (Å²) in [5.41, 5.74) is 5.99. The molecule has 1 aliphatic heterocycles. The zero-order valence-electron chi connectivity index (χ0n) is 57.3. The van der Waals surface area contributed by atoms with Gasteiger partial charge in [-0.05, 0) is 137 Å². The van der Waals surface area contributed by atoms with Crippen LogP contribution in [0.15, 0.2) is 96.6 Å². The van der Waals surface area contributed by atoms with Gasteiger partial charge in [-0.3, -0.25) is 14.5 Å². The van der Waals surface area contributed by atoms with Gasteiger partial charge in [0.15, 0.2) is 0 Å². The highest BCUT2D eigenvalue weighted by Gasteiger charge is 2.46. The van der Waals surface area contributed by atoms with E-state index in [4.69, 9.17) is 0 Å². The Morgan fingerprint density at radius 3 is 1.62 bits per heavy atom. The van der Waals surface area contributed by atoms with Gasteiger partial charge in [0.25, 0.3) is 11.8 Å². The number of halogens is 3. The van der Waals surface area contributed by atoms with Crippen molar-refractivity contribution in [2.45, 2.75) is 247 Å². The van der Waals surface area contributed by atoms with E-state index in [1.54, 1.807) is 28.4 Å². The lowest BCUT2D eigenvalue weighted by Crippen LogP contribution is -2.31. The number of imide groups is 1. The topological polar surface area (TPSA) is 37.4 Å². The van der Waals surface area contributed by atoms with Crippen LogP contribution in [0, 0.1) is 18.8 Å². The zero-order chi connectivity index (χ0) is 66.2. The highest BCUT2D eigenvalue weighted by Crippen LogP contribution is 2.60. The lowest BCUT2D eigenvalue weighted by atomic mass is 9.72. The third kappa shape index (κ3) is 14.9. The molecule has 7 heterocycles. The summed E-state index contributed by atoms with van der Waals surface area (Å²) in [5.74, 6) is 0.908. The molecule has 0 bridgehead atoms. The van der Waals surface area contributed by atoms with Crippen LogP contribution >= 0.6 is 68.0 Å². The second-order valence-corrected chi connectivity index (χ2v) is 33.7. The van der Waals surface area contributed by atoms with Gasteiger partial charge in [0.05, 0.1) is 20.7 Å². The van der Waals surface area contributed by atoms with Gasteiger partial charge in [0.1, 0.15) is 4.88 Å². The van der Waals surface area contributed by atoms with E-state index >= 15 is 9.59 Å². The minimum atomic E-state index is -4.45. The number of fused-ring (bicyclic) bond motifs is 5. The van der Waals surface area contributed by atoms with Crippen molar-refractivity contribution in [1.29, 1.82) is 0 Å². The number of unbranched alkanes of at least 4 members (excludes halogenated alkanes) is 9. The minimum absolute atomic E-state index is 0.137. The summed E-state index contributed by atoms with van der Waals surface area (Å²) >= 11 is 11.0. The quantitative estimate of drug-likeness (QED) is 0.0226. The number of aryl methyl sites for hydroxylation is 1. The van der Waals surface area contributed by atoms with Crippen LogP contribution in [0.25, 0.3) is 60.9 Å². The molecule has 0 aliphatic carbocycles. The molecule has 0 saturated carbocycles. The van der Waals surface area contributed by atoms with Crippen molar-refractivity contribution in [2.24, 2.45) is 11.8 Å². The summed E-state index contributed by atoms with van der Waals surface area (Å²) in [6, 6.07) is 29.8. The van der Waals surface area contributed by atoms with E-state index < -0.39 is 22.6 Å². The van der Waals surface area contributed by atoms with Gasteiger partial charge in [0, 0.05) is 88.2 Å². The Morgan fingerprint density at radius 1 is 0.505 bits per heavy atom. The molecule has 0 fully saturated rings. The molecule has 4 unspecified atom stereocenters. The number of hydrogen-bond acceptors (Lipinski definition) is 8. The lowest BCUT2D eigenvalue weighted by molar-refractivity contribution is -0.137. The number of benzene rings is 3. The van der Waals surface area contributed by atoms with Gasteiger partial charge in [-0.1, -0.05) is 218 Å². The summed E-state index contributed by atoms with van der Waals surface area (Å²) in [6.07, 6.45) is 23.1. The molecule has 6 aromatic heterocycles. The van der Waals surface area contributed by atoms with Gasteiger partial charge in [0.2, 0.25) is 0 Å². The van der Waals surface area contributed by atoms with Crippen LogP contribution in [0.2, 0.25) is 0 Å². The zero-order valence-corrected chi connectivity index (χ0v) is 62.2. The number of hydrogen-bond donors (Lipinski definition) is 0. The Balaban J connectivity index is 1.29. The second-order valence-electron chi connectivity index (χ2n) is 27.2. The van der Waals surface area contributed by atoms with Gasteiger partial charge < -0.3 is 0 Å². The molecule has 0 radical (unpaired) electrons. The van der Waals surface area contributed by atoms with Crippen molar-refractivity contribution in [3.05, 3.63) is 149 Å². The third-order valence-electron chi connectivity index (χ3n) is 20.4. The highest BCUT2D eigenvalue weighted by atomic mass is 32.1. The third-order valence-corrected chi connectivity index (χ3v) is 28.0. The Labute approximate surface area is 578 Å². The highest BCUT2D eigenvalue weighted by molar-refractivity contribution is 7.32. The fourth-order valence-electron chi connectivity index (χ4n) is 14.8. The summed E-state index contributed by atoms with van der Waals surface area (Å²) in [7, 11) is 0. The number of thiophene rings is 6. The Bertz CT molecular complexity index is 3890. The van der Waals surface area contributed by atoms with E-state index in [1.807, 2.05) is 56.7 Å². The second kappa shape index (κ2) is 31.7. The Hall–Kier alpha value is -4.69. The van der Waals surface area contributed by atoms with Crippen molar-refractivity contribution in [3.8, 4) is 30.6 Å². The monoisotopic (exact) mass is 1370 g/mol. The van der Waals surface area contributed by atoms with Crippen LogP contribution in [0.1, 0.15) is 272 Å². The number of carbonyl (C=O) groups is 2. The van der Waals surface area contributed by atoms with Crippen molar-refractivity contribution < 1.29 is 22.8 Å². The predicted octanol–water partition coefficient (Wildman–Crippen LogP) is 28.0. The maximum Gasteiger partial charge on any atom is 0.416 e. The van der Waals surface area contributed by atoms with Crippen molar-refractivity contribution in [2.75, 3.05) is 6.54 Å². The number of nitrogens with zero attached hydrogens (tertiary/aromatic N) is 1. The summed E-state index contributed by atoms with van der Waals surface area (Å²) in [5, 5.41) is 3.38. The van der Waals surface area contributed by atoms with Gasteiger partial charge in [-0.2, -0.15) is 13.2 Å². The molecule has 0 spiro atoms. The van der Waals surface area contributed by atoms with E-state index in [0.29, 0.717) is 35.2 Å². The lowest BCUT2D eigenvalue weighted by Gasteiger charge is -2.34.